The Morgan fingerprint density at radius 3 is 2.75 bits per heavy atom. The lowest BCUT2D eigenvalue weighted by molar-refractivity contribution is -0.128. The fourth-order valence-electron chi connectivity index (χ4n) is 1.31. The van der Waals surface area contributed by atoms with E-state index in [1.807, 2.05) is 30.3 Å². The van der Waals surface area contributed by atoms with Gasteiger partial charge >= 0.3 is 6.09 Å². The second-order valence-corrected chi connectivity index (χ2v) is 3.50. The van der Waals surface area contributed by atoms with Crippen LogP contribution in [0.25, 0.3) is 0 Å². The van der Waals surface area contributed by atoms with E-state index in [1.54, 1.807) is 0 Å². The van der Waals surface area contributed by atoms with Crippen molar-refractivity contribution in [3.05, 3.63) is 35.9 Å². The Labute approximate surface area is 92.8 Å². The average molecular weight is 220 g/mol. The first kappa shape index (κ1) is 10.5. The second-order valence-electron chi connectivity index (χ2n) is 3.50. The Morgan fingerprint density at radius 2 is 2.19 bits per heavy atom. The lowest BCUT2D eigenvalue weighted by atomic mass is 10.2. The number of nitrogens with one attached hydrogen (secondary N) is 2. The van der Waals surface area contributed by atoms with Crippen molar-refractivity contribution >= 4 is 12.0 Å². The molecule has 1 fully saturated rings. The van der Waals surface area contributed by atoms with E-state index in [1.165, 1.54) is 0 Å². The molecule has 84 valence electrons. The molecule has 0 unspecified atom stereocenters. The van der Waals surface area contributed by atoms with Gasteiger partial charge in [0.25, 0.3) is 0 Å². The van der Waals surface area contributed by atoms with Crippen molar-refractivity contribution in [1.82, 2.24) is 10.6 Å². The highest BCUT2D eigenvalue weighted by atomic mass is 16.5. The summed E-state index contributed by atoms with van der Waals surface area (Å²) in [5.41, 5.74) is 0.913. The Balaban J connectivity index is 1.74. The zero-order valence-electron chi connectivity index (χ0n) is 8.60. The summed E-state index contributed by atoms with van der Waals surface area (Å²) < 4.78 is 4.95. The zero-order chi connectivity index (χ0) is 11.4. The highest BCUT2D eigenvalue weighted by molar-refractivity contribution is 5.90. The highest BCUT2D eigenvalue weighted by Gasteiger charge is 2.29. The van der Waals surface area contributed by atoms with Gasteiger partial charge in [0.15, 0.2) is 0 Å². The van der Waals surface area contributed by atoms with Crippen molar-refractivity contribution < 1.29 is 14.3 Å². The first-order valence-corrected chi connectivity index (χ1v) is 5.00. The zero-order valence-corrected chi connectivity index (χ0v) is 8.60. The lowest BCUT2D eigenvalue weighted by Crippen LogP contribution is -2.61. The van der Waals surface area contributed by atoms with Crippen molar-refractivity contribution in [2.45, 2.75) is 12.6 Å². The summed E-state index contributed by atoms with van der Waals surface area (Å²) in [6.45, 7) is 0.681. The average Bonchev–Trinajstić information content (AvgIpc) is 2.33. The number of ether oxygens (including phenoxy) is 1. The third kappa shape index (κ3) is 2.50. The highest BCUT2D eigenvalue weighted by Crippen LogP contribution is 2.01. The third-order valence-corrected chi connectivity index (χ3v) is 2.30. The summed E-state index contributed by atoms with van der Waals surface area (Å²) in [7, 11) is 0. The Bertz CT molecular complexity index is 391. The molecule has 0 radical (unpaired) electrons. The Morgan fingerprint density at radius 1 is 1.44 bits per heavy atom. The fourth-order valence-corrected chi connectivity index (χ4v) is 1.31. The number of rotatable bonds is 3. The van der Waals surface area contributed by atoms with E-state index in [4.69, 9.17) is 4.74 Å². The normalized spacial score (nSPS) is 18.2. The molecule has 0 aromatic heterocycles. The molecule has 1 heterocycles. The molecule has 1 atom stereocenters. The van der Waals surface area contributed by atoms with Crippen molar-refractivity contribution in [2.75, 3.05) is 6.54 Å². The molecule has 1 aliphatic rings. The summed E-state index contributed by atoms with van der Waals surface area (Å²) in [4.78, 5) is 22.1. The van der Waals surface area contributed by atoms with E-state index in [9.17, 15) is 9.59 Å². The van der Waals surface area contributed by atoms with Gasteiger partial charge in [-0.1, -0.05) is 30.3 Å². The molecule has 0 aliphatic carbocycles. The number of β-lactam (4-membered cyclic amide) rings is 1. The van der Waals surface area contributed by atoms with Crippen LogP contribution in [-0.2, 0) is 16.1 Å². The molecule has 0 saturated carbocycles. The molecular weight excluding hydrogens is 208 g/mol. The van der Waals surface area contributed by atoms with E-state index < -0.39 is 12.1 Å². The summed E-state index contributed by atoms with van der Waals surface area (Å²) >= 11 is 0. The maximum Gasteiger partial charge on any atom is 0.408 e. The van der Waals surface area contributed by atoms with E-state index in [0.717, 1.165) is 5.56 Å². The minimum absolute atomic E-state index is 0.170. The molecule has 1 saturated heterocycles. The van der Waals surface area contributed by atoms with Crippen molar-refractivity contribution in [2.24, 2.45) is 0 Å². The van der Waals surface area contributed by atoms with Gasteiger partial charge in [-0.25, -0.2) is 4.79 Å². The van der Waals surface area contributed by atoms with Crippen LogP contribution in [0.15, 0.2) is 30.3 Å². The van der Waals surface area contributed by atoms with E-state index in [-0.39, 0.29) is 12.5 Å². The quantitative estimate of drug-likeness (QED) is 0.725. The topological polar surface area (TPSA) is 67.4 Å². The van der Waals surface area contributed by atoms with Crippen LogP contribution in [0.2, 0.25) is 0 Å². The number of amides is 2. The monoisotopic (exact) mass is 220 g/mol. The molecule has 2 rings (SSSR count). The first-order valence-electron chi connectivity index (χ1n) is 5.00. The maximum atomic E-state index is 11.3. The largest absolute Gasteiger partial charge is 0.445 e. The molecule has 1 aliphatic heterocycles. The van der Waals surface area contributed by atoms with E-state index in [2.05, 4.69) is 10.6 Å². The fraction of sp³-hybridized carbons (Fsp3) is 0.273. The molecule has 1 aromatic carbocycles. The second kappa shape index (κ2) is 4.65. The molecule has 2 N–H and O–H groups in total. The number of hydrogen-bond acceptors (Lipinski definition) is 3. The number of hydrogen-bond donors (Lipinski definition) is 2. The molecule has 5 nitrogen and oxygen atoms in total. The van der Waals surface area contributed by atoms with Crippen LogP contribution in [-0.4, -0.2) is 24.6 Å². The molecule has 0 spiro atoms. The summed E-state index contributed by atoms with van der Waals surface area (Å²) in [6.07, 6.45) is -0.566. The number of benzene rings is 1. The van der Waals surface area contributed by atoms with E-state index in [0.29, 0.717) is 6.54 Å². The van der Waals surface area contributed by atoms with Crippen molar-refractivity contribution in [1.29, 1.82) is 0 Å². The summed E-state index contributed by atoms with van der Waals surface area (Å²) in [5.74, 6) is -0.170. The predicted octanol–water partition coefficient (Wildman–Crippen LogP) is 0.411. The molecule has 2 amide bonds. The van der Waals surface area contributed by atoms with Crippen LogP contribution in [0.1, 0.15) is 5.56 Å². The molecular formula is C11H12N2O3. The molecule has 5 heteroatoms. The van der Waals surface area contributed by atoms with Crippen LogP contribution >= 0.6 is 0 Å². The minimum atomic E-state index is -0.566. The van der Waals surface area contributed by atoms with Gasteiger partial charge in [-0.3, -0.25) is 4.79 Å². The van der Waals surface area contributed by atoms with Gasteiger partial charge in [-0.05, 0) is 5.56 Å². The number of alkyl carbamates (subject to hydrolysis) is 1. The third-order valence-electron chi connectivity index (χ3n) is 2.30. The van der Waals surface area contributed by atoms with Gasteiger partial charge in [0.2, 0.25) is 5.91 Å². The van der Waals surface area contributed by atoms with Gasteiger partial charge in [-0.15, -0.1) is 0 Å². The first-order chi connectivity index (χ1) is 7.75. The van der Waals surface area contributed by atoms with Crippen molar-refractivity contribution in [3.63, 3.8) is 0 Å². The summed E-state index contributed by atoms with van der Waals surface area (Å²) in [6, 6.07) is 8.92. The molecule has 0 bridgehead atoms. The molecule has 1 aromatic rings. The van der Waals surface area contributed by atoms with Crippen LogP contribution in [0.5, 0.6) is 0 Å². The van der Waals surface area contributed by atoms with Gasteiger partial charge in [0.1, 0.15) is 12.6 Å². The summed E-state index contributed by atoms with van der Waals surface area (Å²) in [5, 5.41) is 4.99. The number of carbonyl (C=O) groups is 2. The van der Waals surface area contributed by atoms with Crippen LogP contribution in [0.3, 0.4) is 0 Å². The van der Waals surface area contributed by atoms with Gasteiger partial charge < -0.3 is 15.4 Å². The van der Waals surface area contributed by atoms with Crippen LogP contribution in [0, 0.1) is 0 Å². The predicted molar refractivity (Wildman–Crippen MR) is 56.6 cm³/mol. The number of carbonyl (C=O) groups excluding carboxylic acids is 2. The smallest absolute Gasteiger partial charge is 0.408 e. The van der Waals surface area contributed by atoms with Gasteiger partial charge in [0.05, 0.1) is 0 Å². The van der Waals surface area contributed by atoms with Crippen LogP contribution in [0.4, 0.5) is 4.79 Å². The van der Waals surface area contributed by atoms with Crippen LogP contribution < -0.4 is 10.6 Å². The lowest BCUT2D eigenvalue weighted by Gasteiger charge is -2.26. The van der Waals surface area contributed by atoms with Gasteiger partial charge in [-0.2, -0.15) is 0 Å². The van der Waals surface area contributed by atoms with Gasteiger partial charge in [0, 0.05) is 6.54 Å². The molecule has 16 heavy (non-hydrogen) atoms. The maximum absolute atomic E-state index is 11.3. The van der Waals surface area contributed by atoms with E-state index >= 15 is 0 Å². The minimum Gasteiger partial charge on any atom is -0.445 e. The van der Waals surface area contributed by atoms with Crippen molar-refractivity contribution in [3.8, 4) is 0 Å². The SMILES string of the molecule is O=C(N[C@@H]1CNC1=O)OCc1ccccc1. The Hall–Kier alpha value is -2.04. The Kier molecular flexibility index (Phi) is 3.05. The standard InChI is InChI=1S/C11H12N2O3/c14-10-9(6-12-10)13-11(15)16-7-8-4-2-1-3-5-8/h1-5,9H,6-7H2,(H,12,14)(H,13,15)/t9-/m1/s1.